The first-order chi connectivity index (χ1) is 13.8. The molecule has 2 aromatic carbocycles. The number of benzene rings is 2. The van der Waals surface area contributed by atoms with E-state index in [-0.39, 0.29) is 5.56 Å². The van der Waals surface area contributed by atoms with Crippen LogP contribution in [-0.4, -0.2) is 9.55 Å². The molecule has 2 heterocycles. The van der Waals surface area contributed by atoms with E-state index in [1.54, 1.807) is 11.3 Å². The molecule has 4 heteroatoms. The Hall–Kier alpha value is -2.72. The van der Waals surface area contributed by atoms with Crippen LogP contribution in [0.2, 0.25) is 0 Å². The Morgan fingerprint density at radius 3 is 2.43 bits per heavy atom. The molecule has 2 aromatic heterocycles. The third kappa shape index (κ3) is 3.08. The molecule has 1 aliphatic carbocycles. The van der Waals surface area contributed by atoms with Gasteiger partial charge >= 0.3 is 0 Å². The molecule has 0 N–H and O–H groups in total. The minimum absolute atomic E-state index is 0.124. The molecule has 0 atom stereocenters. The van der Waals surface area contributed by atoms with Gasteiger partial charge in [0.2, 0.25) is 0 Å². The highest BCUT2D eigenvalue weighted by Crippen LogP contribution is 2.34. The Morgan fingerprint density at radius 2 is 1.64 bits per heavy atom. The van der Waals surface area contributed by atoms with E-state index in [0.29, 0.717) is 6.54 Å². The zero-order valence-corrected chi connectivity index (χ0v) is 16.5. The van der Waals surface area contributed by atoms with Crippen molar-refractivity contribution in [3.63, 3.8) is 0 Å². The molecule has 3 nitrogen and oxygen atoms in total. The van der Waals surface area contributed by atoms with Crippen molar-refractivity contribution in [2.24, 2.45) is 0 Å². The van der Waals surface area contributed by atoms with Gasteiger partial charge in [0.1, 0.15) is 10.7 Å². The molecule has 0 amide bonds. The summed E-state index contributed by atoms with van der Waals surface area (Å²) < 4.78 is 1.90. The topological polar surface area (TPSA) is 34.9 Å². The number of hydrogen-bond acceptors (Lipinski definition) is 3. The van der Waals surface area contributed by atoms with Crippen LogP contribution in [0.15, 0.2) is 65.5 Å². The first-order valence-corrected chi connectivity index (χ1v) is 10.8. The average molecular weight is 387 g/mol. The summed E-state index contributed by atoms with van der Waals surface area (Å²) in [6.45, 7) is 0.640. The lowest BCUT2D eigenvalue weighted by Crippen LogP contribution is -2.25. The van der Waals surface area contributed by atoms with Crippen LogP contribution in [0.25, 0.3) is 21.6 Å². The fourth-order valence-electron chi connectivity index (χ4n) is 4.14. The molecule has 0 fully saturated rings. The number of rotatable bonds is 4. The molecule has 5 rings (SSSR count). The molecule has 1 aliphatic rings. The molecule has 4 aromatic rings. The molecular weight excluding hydrogens is 364 g/mol. The summed E-state index contributed by atoms with van der Waals surface area (Å²) in [6.07, 6.45) is 5.30. The number of aryl methyl sites for hydroxylation is 3. The number of thiophene rings is 1. The number of fused-ring (bicyclic) bond motifs is 3. The van der Waals surface area contributed by atoms with E-state index in [1.165, 1.54) is 28.8 Å². The smallest absolute Gasteiger partial charge is 0.262 e. The maximum absolute atomic E-state index is 13.6. The third-order valence-corrected chi connectivity index (χ3v) is 6.76. The van der Waals surface area contributed by atoms with Crippen molar-refractivity contribution in [2.75, 3.05) is 0 Å². The van der Waals surface area contributed by atoms with E-state index in [2.05, 4.69) is 12.1 Å². The van der Waals surface area contributed by atoms with Crippen molar-refractivity contribution in [3.05, 3.63) is 87.0 Å². The first-order valence-electron chi connectivity index (χ1n) is 9.96. The van der Waals surface area contributed by atoms with Crippen LogP contribution in [0.3, 0.4) is 0 Å². The molecular formula is C24H22N2OS. The van der Waals surface area contributed by atoms with Crippen LogP contribution in [0.5, 0.6) is 0 Å². The highest BCUT2D eigenvalue weighted by atomic mass is 32.1. The minimum Gasteiger partial charge on any atom is -0.292 e. The monoisotopic (exact) mass is 386 g/mol. The highest BCUT2D eigenvalue weighted by molar-refractivity contribution is 7.18. The summed E-state index contributed by atoms with van der Waals surface area (Å²) in [5.41, 5.74) is 3.62. The van der Waals surface area contributed by atoms with Gasteiger partial charge in [-0.3, -0.25) is 9.36 Å². The standard InChI is InChI=1S/C24H22N2OS/c27-24-21-19-13-7-8-14-20(19)28-23(21)25-22(18-11-5-2-6-12-18)26(24)16-15-17-9-3-1-4-10-17/h1-6,9-12H,7-8,13-16H2. The Kier molecular flexibility index (Phi) is 4.57. The predicted molar refractivity (Wildman–Crippen MR) is 116 cm³/mol. The van der Waals surface area contributed by atoms with Gasteiger partial charge in [-0.25, -0.2) is 4.98 Å². The van der Waals surface area contributed by atoms with Gasteiger partial charge in [-0.15, -0.1) is 11.3 Å². The SMILES string of the molecule is O=c1c2c3c(sc2nc(-c2ccccc2)n1CCc1ccccc1)CCCC3. The van der Waals surface area contributed by atoms with E-state index in [1.807, 2.05) is 53.1 Å². The summed E-state index contributed by atoms with van der Waals surface area (Å²) in [5.74, 6) is 0.785. The van der Waals surface area contributed by atoms with Gasteiger partial charge in [-0.2, -0.15) is 0 Å². The molecule has 0 saturated carbocycles. The summed E-state index contributed by atoms with van der Waals surface area (Å²) in [6, 6.07) is 20.4. The van der Waals surface area contributed by atoms with E-state index in [9.17, 15) is 4.79 Å². The van der Waals surface area contributed by atoms with Crippen LogP contribution >= 0.6 is 11.3 Å². The summed E-state index contributed by atoms with van der Waals surface area (Å²) >= 11 is 1.72. The van der Waals surface area contributed by atoms with Gasteiger partial charge in [0.15, 0.2) is 0 Å². The van der Waals surface area contributed by atoms with E-state index < -0.39 is 0 Å². The van der Waals surface area contributed by atoms with Crippen LogP contribution in [0.4, 0.5) is 0 Å². The summed E-state index contributed by atoms with van der Waals surface area (Å²) in [4.78, 5) is 20.9. The Bertz CT molecular complexity index is 1180. The van der Waals surface area contributed by atoms with Crippen LogP contribution in [0.1, 0.15) is 28.8 Å². The maximum Gasteiger partial charge on any atom is 0.262 e. The Balaban J connectivity index is 1.68. The fourth-order valence-corrected chi connectivity index (χ4v) is 5.39. The Morgan fingerprint density at radius 1 is 0.929 bits per heavy atom. The van der Waals surface area contributed by atoms with Crippen LogP contribution in [0, 0.1) is 0 Å². The molecule has 140 valence electrons. The Labute approximate surface area is 168 Å². The quantitative estimate of drug-likeness (QED) is 0.480. The van der Waals surface area contributed by atoms with Crippen molar-refractivity contribution >= 4 is 21.6 Å². The molecule has 0 bridgehead atoms. The largest absolute Gasteiger partial charge is 0.292 e. The molecule has 0 saturated heterocycles. The number of aromatic nitrogens is 2. The first kappa shape index (κ1) is 17.4. The van der Waals surface area contributed by atoms with Gasteiger partial charge in [0.05, 0.1) is 5.39 Å². The lowest BCUT2D eigenvalue weighted by atomic mass is 9.97. The zero-order valence-electron chi connectivity index (χ0n) is 15.7. The third-order valence-electron chi connectivity index (χ3n) is 5.57. The highest BCUT2D eigenvalue weighted by Gasteiger charge is 2.22. The van der Waals surface area contributed by atoms with E-state index >= 15 is 0 Å². The molecule has 0 spiro atoms. The van der Waals surface area contributed by atoms with Crippen molar-refractivity contribution in [2.45, 2.75) is 38.6 Å². The van der Waals surface area contributed by atoms with Gasteiger partial charge in [0, 0.05) is 17.0 Å². The molecule has 28 heavy (non-hydrogen) atoms. The van der Waals surface area contributed by atoms with Crippen molar-refractivity contribution in [1.82, 2.24) is 9.55 Å². The predicted octanol–water partition coefficient (Wildman–Crippen LogP) is 5.25. The molecule has 0 aliphatic heterocycles. The second kappa shape index (κ2) is 7.36. The minimum atomic E-state index is 0.124. The van der Waals surface area contributed by atoms with E-state index in [0.717, 1.165) is 40.9 Å². The van der Waals surface area contributed by atoms with Crippen molar-refractivity contribution in [1.29, 1.82) is 0 Å². The second-order valence-corrected chi connectivity index (χ2v) is 8.47. The van der Waals surface area contributed by atoms with Crippen LogP contribution in [-0.2, 0) is 25.8 Å². The van der Waals surface area contributed by atoms with Crippen molar-refractivity contribution in [3.8, 4) is 11.4 Å². The maximum atomic E-state index is 13.6. The van der Waals surface area contributed by atoms with E-state index in [4.69, 9.17) is 4.98 Å². The van der Waals surface area contributed by atoms with Gasteiger partial charge in [-0.1, -0.05) is 60.7 Å². The number of hydrogen-bond donors (Lipinski definition) is 0. The number of nitrogens with zero attached hydrogens (tertiary/aromatic N) is 2. The molecule has 0 unspecified atom stereocenters. The summed E-state index contributed by atoms with van der Waals surface area (Å²) in [7, 11) is 0. The zero-order chi connectivity index (χ0) is 18.9. The van der Waals surface area contributed by atoms with Gasteiger partial charge < -0.3 is 0 Å². The van der Waals surface area contributed by atoms with Gasteiger partial charge in [-0.05, 0) is 43.2 Å². The second-order valence-electron chi connectivity index (χ2n) is 7.38. The normalized spacial score (nSPS) is 13.6. The summed E-state index contributed by atoms with van der Waals surface area (Å²) in [5, 5.41) is 0.868. The van der Waals surface area contributed by atoms with Crippen molar-refractivity contribution < 1.29 is 0 Å². The van der Waals surface area contributed by atoms with Crippen LogP contribution < -0.4 is 5.56 Å². The lowest BCUT2D eigenvalue weighted by molar-refractivity contribution is 0.668. The fraction of sp³-hybridized carbons (Fsp3) is 0.250. The lowest BCUT2D eigenvalue weighted by Gasteiger charge is -2.14. The average Bonchev–Trinajstić information content (AvgIpc) is 3.13. The van der Waals surface area contributed by atoms with Gasteiger partial charge in [0.25, 0.3) is 5.56 Å². The molecule has 0 radical (unpaired) electrons.